The minimum Gasteiger partial charge on any atom is -0.355 e. The summed E-state index contributed by atoms with van der Waals surface area (Å²) in [6, 6.07) is 14.4. The van der Waals surface area contributed by atoms with Gasteiger partial charge in [-0.15, -0.1) is 0 Å². The Morgan fingerprint density at radius 2 is 1.70 bits per heavy atom. The number of carbonyl (C=O) groups excluding carboxylic acids is 2. The van der Waals surface area contributed by atoms with Gasteiger partial charge in [-0.05, 0) is 56.9 Å². The molecule has 7 nitrogen and oxygen atoms in total. The molecular formula is C25H35N3O4S. The number of rotatable bonds is 11. The van der Waals surface area contributed by atoms with E-state index in [2.05, 4.69) is 5.32 Å². The number of hydrogen-bond acceptors (Lipinski definition) is 4. The van der Waals surface area contributed by atoms with E-state index in [0.717, 1.165) is 16.7 Å². The van der Waals surface area contributed by atoms with Crippen LogP contribution in [0.4, 0.5) is 5.69 Å². The highest BCUT2D eigenvalue weighted by atomic mass is 32.2. The zero-order valence-electron chi connectivity index (χ0n) is 20.2. The topological polar surface area (TPSA) is 86.8 Å². The SMILES string of the molecule is CCNC(=O)C(C)N(Cc1ccccc1)C(=O)CCCN(c1cccc(C)c1C)S(C)(=O)=O. The zero-order valence-corrected chi connectivity index (χ0v) is 21.0. The fourth-order valence-electron chi connectivity index (χ4n) is 3.67. The van der Waals surface area contributed by atoms with Gasteiger partial charge in [-0.2, -0.15) is 0 Å². The van der Waals surface area contributed by atoms with Crippen LogP contribution in [0.2, 0.25) is 0 Å². The Labute approximate surface area is 197 Å². The number of nitrogens with one attached hydrogen (secondary N) is 1. The van der Waals surface area contributed by atoms with Gasteiger partial charge in [-0.3, -0.25) is 13.9 Å². The summed E-state index contributed by atoms with van der Waals surface area (Å²) in [6.45, 7) is 8.35. The molecule has 0 heterocycles. The van der Waals surface area contributed by atoms with Gasteiger partial charge in [-0.25, -0.2) is 8.42 Å². The van der Waals surface area contributed by atoms with Crippen LogP contribution in [0.3, 0.4) is 0 Å². The van der Waals surface area contributed by atoms with E-state index in [1.165, 1.54) is 10.6 Å². The minimum atomic E-state index is -3.52. The lowest BCUT2D eigenvalue weighted by molar-refractivity contribution is -0.140. The van der Waals surface area contributed by atoms with Gasteiger partial charge in [0.1, 0.15) is 6.04 Å². The van der Waals surface area contributed by atoms with E-state index in [4.69, 9.17) is 0 Å². The Kier molecular flexibility index (Phi) is 9.46. The fourth-order valence-corrected chi connectivity index (χ4v) is 4.69. The van der Waals surface area contributed by atoms with Crippen molar-refractivity contribution in [3.05, 3.63) is 65.2 Å². The van der Waals surface area contributed by atoms with Crippen LogP contribution in [-0.2, 0) is 26.2 Å². The lowest BCUT2D eigenvalue weighted by Crippen LogP contribution is -2.47. The molecule has 0 aromatic heterocycles. The standard InChI is InChI=1S/C25H35N3O4S/c1-6-26-25(30)21(4)27(18-22-13-8-7-9-14-22)24(29)16-11-17-28(33(5,31)32)23-15-10-12-19(2)20(23)3/h7-10,12-15,21H,6,11,16-18H2,1-5H3,(H,26,30). The average Bonchev–Trinajstić information content (AvgIpc) is 2.77. The molecule has 8 heteroatoms. The largest absolute Gasteiger partial charge is 0.355 e. The number of benzene rings is 2. The minimum absolute atomic E-state index is 0.132. The molecule has 0 spiro atoms. The first-order valence-electron chi connectivity index (χ1n) is 11.2. The molecule has 0 aliphatic rings. The van der Waals surface area contributed by atoms with E-state index in [0.29, 0.717) is 25.2 Å². The number of anilines is 1. The summed E-state index contributed by atoms with van der Waals surface area (Å²) in [4.78, 5) is 27.2. The number of likely N-dealkylation sites (N-methyl/N-ethyl adjacent to an activating group) is 1. The number of amides is 2. The summed E-state index contributed by atoms with van der Waals surface area (Å²) in [5, 5.41) is 2.77. The highest BCUT2D eigenvalue weighted by Gasteiger charge is 2.26. The average molecular weight is 474 g/mol. The third kappa shape index (κ3) is 7.32. The van der Waals surface area contributed by atoms with Gasteiger partial charge >= 0.3 is 0 Å². The molecule has 1 unspecified atom stereocenters. The summed E-state index contributed by atoms with van der Waals surface area (Å²) < 4.78 is 26.3. The van der Waals surface area contributed by atoms with Crippen LogP contribution in [-0.4, -0.2) is 50.5 Å². The molecule has 0 bridgehead atoms. The Morgan fingerprint density at radius 3 is 2.30 bits per heavy atom. The van der Waals surface area contributed by atoms with E-state index in [9.17, 15) is 18.0 Å². The zero-order chi connectivity index (χ0) is 24.6. The Morgan fingerprint density at radius 1 is 1.03 bits per heavy atom. The van der Waals surface area contributed by atoms with E-state index in [1.807, 2.05) is 63.2 Å². The summed E-state index contributed by atoms with van der Waals surface area (Å²) in [7, 11) is -3.52. The van der Waals surface area contributed by atoms with Gasteiger partial charge in [0.2, 0.25) is 21.8 Å². The van der Waals surface area contributed by atoms with Gasteiger partial charge < -0.3 is 10.2 Å². The Hall–Kier alpha value is -2.87. The van der Waals surface area contributed by atoms with Crippen molar-refractivity contribution >= 4 is 27.5 Å². The predicted molar refractivity (Wildman–Crippen MR) is 132 cm³/mol. The number of sulfonamides is 1. The molecule has 0 fully saturated rings. The van der Waals surface area contributed by atoms with Crippen molar-refractivity contribution in [1.82, 2.24) is 10.2 Å². The molecule has 2 amide bonds. The van der Waals surface area contributed by atoms with Crippen LogP contribution < -0.4 is 9.62 Å². The number of hydrogen-bond donors (Lipinski definition) is 1. The molecule has 180 valence electrons. The van der Waals surface area contributed by atoms with E-state index in [1.54, 1.807) is 17.9 Å². The highest BCUT2D eigenvalue weighted by Crippen LogP contribution is 2.25. The molecule has 0 aliphatic heterocycles. The summed E-state index contributed by atoms with van der Waals surface area (Å²) in [5.41, 5.74) is 3.45. The van der Waals surface area contributed by atoms with Gasteiger partial charge in [0.05, 0.1) is 11.9 Å². The lowest BCUT2D eigenvalue weighted by atomic mass is 10.1. The van der Waals surface area contributed by atoms with Crippen LogP contribution in [0.15, 0.2) is 48.5 Å². The molecule has 0 radical (unpaired) electrons. The van der Waals surface area contributed by atoms with Crippen molar-refractivity contribution in [2.45, 2.75) is 53.1 Å². The van der Waals surface area contributed by atoms with Crippen LogP contribution in [0, 0.1) is 13.8 Å². The van der Waals surface area contributed by atoms with Crippen molar-refractivity contribution in [3.63, 3.8) is 0 Å². The Balaban J connectivity index is 2.17. The maximum Gasteiger partial charge on any atom is 0.242 e. The van der Waals surface area contributed by atoms with E-state index in [-0.39, 0.29) is 24.8 Å². The van der Waals surface area contributed by atoms with Crippen LogP contribution in [0.1, 0.15) is 43.4 Å². The molecule has 1 N–H and O–H groups in total. The third-order valence-electron chi connectivity index (χ3n) is 5.71. The number of nitrogens with zero attached hydrogens (tertiary/aromatic N) is 2. The predicted octanol–water partition coefficient (Wildman–Crippen LogP) is 3.40. The quantitative estimate of drug-likeness (QED) is 0.542. The summed E-state index contributed by atoms with van der Waals surface area (Å²) >= 11 is 0. The maximum absolute atomic E-state index is 13.2. The molecule has 2 rings (SSSR count). The van der Waals surface area contributed by atoms with Gasteiger partial charge in [-0.1, -0.05) is 42.5 Å². The molecule has 1 atom stereocenters. The molecule has 33 heavy (non-hydrogen) atoms. The van der Waals surface area contributed by atoms with Crippen molar-refractivity contribution in [2.24, 2.45) is 0 Å². The highest BCUT2D eigenvalue weighted by molar-refractivity contribution is 7.92. The van der Waals surface area contributed by atoms with Crippen LogP contribution >= 0.6 is 0 Å². The first-order chi connectivity index (χ1) is 15.6. The van der Waals surface area contributed by atoms with Crippen LogP contribution in [0.5, 0.6) is 0 Å². The monoisotopic (exact) mass is 473 g/mol. The Bertz CT molecular complexity index is 1050. The van der Waals surface area contributed by atoms with E-state index >= 15 is 0 Å². The maximum atomic E-state index is 13.2. The van der Waals surface area contributed by atoms with Gasteiger partial charge in [0.25, 0.3) is 0 Å². The number of carbonyl (C=O) groups is 2. The van der Waals surface area contributed by atoms with Crippen molar-refractivity contribution in [3.8, 4) is 0 Å². The molecule has 0 aliphatic carbocycles. The van der Waals surface area contributed by atoms with Crippen molar-refractivity contribution < 1.29 is 18.0 Å². The third-order valence-corrected chi connectivity index (χ3v) is 6.89. The van der Waals surface area contributed by atoms with Gasteiger partial charge in [0.15, 0.2) is 0 Å². The summed E-state index contributed by atoms with van der Waals surface area (Å²) in [6.07, 6.45) is 1.65. The normalized spacial score (nSPS) is 12.2. The molecular weight excluding hydrogens is 438 g/mol. The molecule has 2 aromatic rings. The molecule has 0 saturated heterocycles. The van der Waals surface area contributed by atoms with E-state index < -0.39 is 16.1 Å². The van der Waals surface area contributed by atoms with Crippen molar-refractivity contribution in [2.75, 3.05) is 23.7 Å². The fraction of sp³-hybridized carbons (Fsp3) is 0.440. The second-order valence-corrected chi connectivity index (χ2v) is 10.1. The lowest BCUT2D eigenvalue weighted by Gasteiger charge is -2.29. The smallest absolute Gasteiger partial charge is 0.242 e. The van der Waals surface area contributed by atoms with Gasteiger partial charge in [0, 0.05) is 26.1 Å². The molecule has 0 saturated carbocycles. The van der Waals surface area contributed by atoms with Crippen molar-refractivity contribution in [1.29, 1.82) is 0 Å². The first kappa shape index (κ1) is 26.4. The second-order valence-electron chi connectivity index (χ2n) is 8.24. The molecule has 2 aromatic carbocycles. The number of aryl methyl sites for hydroxylation is 1. The second kappa shape index (κ2) is 11.8. The summed E-state index contributed by atoms with van der Waals surface area (Å²) in [5.74, 6) is -0.401. The first-order valence-corrected chi connectivity index (χ1v) is 13.1. The van der Waals surface area contributed by atoms with Crippen LogP contribution in [0.25, 0.3) is 0 Å².